The SMILES string of the molecule is C[N+]1([O-])CCN(c2cccc3[nH]c(=O)oc23)CC1.O=c1[nH]c2cccc(N3CC[N+]([O-])(Cc4cccc(-c5ccccc5)c4)CC3)c2o1.O=c1[nH]c2cccc(N3CC[N+]([O-])(Cc4ccccc4)CC3)c2o1. The number of oxazole rings is 3. The molecule has 0 bridgehead atoms. The molecule has 0 unspecified atom stereocenters. The van der Waals surface area contributed by atoms with Crippen molar-refractivity contribution in [1.82, 2.24) is 15.0 Å². The third-order valence-electron chi connectivity index (χ3n) is 13.9. The Hall–Kier alpha value is -7.71. The van der Waals surface area contributed by atoms with E-state index < -0.39 is 17.3 Å². The fourth-order valence-corrected chi connectivity index (χ4v) is 9.94. The van der Waals surface area contributed by atoms with E-state index in [4.69, 9.17) is 13.3 Å². The molecule has 0 spiro atoms. The van der Waals surface area contributed by atoms with Crippen LogP contribution in [-0.2, 0) is 13.1 Å². The van der Waals surface area contributed by atoms with E-state index in [9.17, 15) is 30.0 Å². The van der Waals surface area contributed by atoms with E-state index >= 15 is 0 Å². The molecule has 3 N–H and O–H groups in total. The second-order valence-electron chi connectivity index (χ2n) is 19.1. The summed E-state index contributed by atoms with van der Waals surface area (Å²) in [5.41, 5.74) is 10.8. The minimum atomic E-state index is -0.457. The largest absolute Gasteiger partial charge is 0.633 e. The van der Waals surface area contributed by atoms with Crippen LogP contribution < -0.4 is 32.0 Å². The molecule has 3 aromatic heterocycles. The number of quaternary nitrogens is 3. The summed E-state index contributed by atoms with van der Waals surface area (Å²) in [4.78, 5) is 48.6. The van der Waals surface area contributed by atoms with Crippen molar-refractivity contribution in [2.24, 2.45) is 0 Å². The highest BCUT2D eigenvalue weighted by molar-refractivity contribution is 5.88. The number of likely N-dealkylation sites (N-methyl/N-ethyl adjacent to an activating group) is 1. The van der Waals surface area contributed by atoms with E-state index in [0.29, 0.717) is 125 Å². The Balaban J connectivity index is 0.000000128. The van der Waals surface area contributed by atoms with Crippen LogP contribution in [0.15, 0.2) is 167 Å². The van der Waals surface area contributed by atoms with Gasteiger partial charge in [0.1, 0.15) is 13.1 Å². The summed E-state index contributed by atoms with van der Waals surface area (Å²) in [6, 6.07) is 45.3. The Kier molecular flexibility index (Phi) is 13.4. The Morgan fingerprint density at radius 3 is 1.21 bits per heavy atom. The molecule has 3 fully saturated rings. The van der Waals surface area contributed by atoms with E-state index in [1.807, 2.05) is 115 Å². The minimum Gasteiger partial charge on any atom is -0.633 e. The van der Waals surface area contributed by atoms with Gasteiger partial charge in [-0.3, -0.25) is 15.0 Å². The Labute approximate surface area is 413 Å². The summed E-state index contributed by atoms with van der Waals surface area (Å²) in [5.74, 6) is -1.35. The zero-order valence-corrected chi connectivity index (χ0v) is 40.0. The maximum Gasteiger partial charge on any atom is 0.417 e. The molecule has 3 aliphatic heterocycles. The van der Waals surface area contributed by atoms with E-state index in [2.05, 4.69) is 53.9 Å². The lowest BCUT2D eigenvalue weighted by atomic mass is 10.0. The number of benzene rings is 6. The van der Waals surface area contributed by atoms with Crippen LogP contribution in [0.4, 0.5) is 17.1 Å². The number of aromatic nitrogens is 3. The monoisotopic (exact) mass is 975 g/mol. The second kappa shape index (κ2) is 20.2. The molecule has 72 heavy (non-hydrogen) atoms. The summed E-state index contributed by atoms with van der Waals surface area (Å²) in [5, 5.41) is 38.2. The highest BCUT2D eigenvalue weighted by Crippen LogP contribution is 2.31. The van der Waals surface area contributed by atoms with Crippen molar-refractivity contribution in [3.63, 3.8) is 0 Å². The molecular formula is C54H57N9O9. The smallest absolute Gasteiger partial charge is 0.417 e. The predicted molar refractivity (Wildman–Crippen MR) is 279 cm³/mol. The van der Waals surface area contributed by atoms with Crippen molar-refractivity contribution in [2.45, 2.75) is 13.1 Å². The lowest BCUT2D eigenvalue weighted by Crippen LogP contribution is -2.55. The molecule has 18 nitrogen and oxygen atoms in total. The van der Waals surface area contributed by atoms with Crippen LogP contribution in [0.1, 0.15) is 11.1 Å². The van der Waals surface area contributed by atoms with Crippen LogP contribution in [0, 0.1) is 15.6 Å². The first kappa shape index (κ1) is 47.9. The van der Waals surface area contributed by atoms with Crippen LogP contribution in [-0.4, -0.2) is 114 Å². The summed E-state index contributed by atoms with van der Waals surface area (Å²) in [6.07, 6.45) is 0. The van der Waals surface area contributed by atoms with E-state index in [1.54, 1.807) is 7.05 Å². The van der Waals surface area contributed by atoms with Gasteiger partial charge in [0.05, 0.1) is 119 Å². The number of para-hydroxylation sites is 3. The van der Waals surface area contributed by atoms with E-state index in [1.165, 1.54) is 0 Å². The van der Waals surface area contributed by atoms with Crippen molar-refractivity contribution < 1.29 is 27.2 Å². The molecular weight excluding hydrogens is 919 g/mol. The second-order valence-corrected chi connectivity index (χ2v) is 19.1. The van der Waals surface area contributed by atoms with Gasteiger partial charge < -0.3 is 57.5 Å². The molecule has 18 heteroatoms. The van der Waals surface area contributed by atoms with Gasteiger partial charge in [-0.15, -0.1) is 0 Å². The summed E-state index contributed by atoms with van der Waals surface area (Å²) >= 11 is 0. The average molecular weight is 976 g/mol. The Morgan fingerprint density at radius 2 is 0.778 bits per heavy atom. The number of nitrogens with zero attached hydrogens (tertiary/aromatic N) is 6. The minimum absolute atomic E-state index is 0.205. The molecule has 0 amide bonds. The molecule has 0 aliphatic carbocycles. The highest BCUT2D eigenvalue weighted by Gasteiger charge is 2.30. The third kappa shape index (κ3) is 10.9. The highest BCUT2D eigenvalue weighted by atomic mass is 16.6. The topological polar surface area (TPSA) is 217 Å². The number of piperazine rings is 3. The fraction of sp³-hybridized carbons (Fsp3) is 0.278. The van der Waals surface area contributed by atoms with Crippen molar-refractivity contribution in [2.75, 3.05) is 100 Å². The van der Waals surface area contributed by atoms with Gasteiger partial charge in [-0.1, -0.05) is 97.1 Å². The molecule has 0 atom stereocenters. The zero-order valence-electron chi connectivity index (χ0n) is 40.0. The van der Waals surface area contributed by atoms with Gasteiger partial charge in [0, 0.05) is 11.1 Å². The summed E-state index contributed by atoms with van der Waals surface area (Å²) < 4.78 is 15.1. The molecule has 6 heterocycles. The Bertz CT molecular complexity index is 3440. The normalized spacial score (nSPS) is 17.3. The maximum absolute atomic E-state index is 13.4. The standard InChI is InChI=1S/C24H23N3O3.C18H19N3O3.C12H15N3O3/c28-24-25-21-10-5-11-22(23(21)30-24)26-12-14-27(29,15-13-26)17-18-6-4-9-20(16-18)19-7-2-1-3-8-19;22-18-19-15-7-4-8-16(17(15)24-18)20-9-11-21(23,12-10-20)13-14-5-2-1-3-6-14;1-15(17)7-5-14(6-8-15)10-4-2-3-9-11(10)18-12(16)13-9/h1-11,16H,12-15,17H2,(H,25,28);1-8H,9-13H2,(H,19,22);2-4H,5-8H2,1H3,(H,13,16). The van der Waals surface area contributed by atoms with Gasteiger partial charge in [-0.25, -0.2) is 14.4 Å². The first-order valence-electron chi connectivity index (χ1n) is 24.3. The van der Waals surface area contributed by atoms with Crippen LogP contribution in [0.25, 0.3) is 44.4 Å². The number of nitrogens with one attached hydrogen (secondary N) is 3. The number of hydrogen-bond donors (Lipinski definition) is 3. The van der Waals surface area contributed by atoms with Gasteiger partial charge >= 0.3 is 17.3 Å². The molecule has 372 valence electrons. The average Bonchev–Trinajstić information content (AvgIpc) is 4.09. The van der Waals surface area contributed by atoms with Gasteiger partial charge in [0.25, 0.3) is 0 Å². The third-order valence-corrected chi connectivity index (χ3v) is 13.9. The summed E-state index contributed by atoms with van der Waals surface area (Å²) in [7, 11) is 1.69. The number of hydroxylamine groups is 9. The van der Waals surface area contributed by atoms with Crippen molar-refractivity contribution in [3.05, 3.63) is 198 Å². The van der Waals surface area contributed by atoms with Crippen molar-refractivity contribution in [3.8, 4) is 11.1 Å². The lowest BCUT2D eigenvalue weighted by molar-refractivity contribution is -0.894. The summed E-state index contributed by atoms with van der Waals surface area (Å²) in [6.45, 7) is 7.93. The number of H-pyrrole nitrogens is 3. The van der Waals surface area contributed by atoms with Crippen LogP contribution in [0.5, 0.6) is 0 Å². The van der Waals surface area contributed by atoms with Crippen LogP contribution in [0.3, 0.4) is 0 Å². The molecule has 0 radical (unpaired) electrons. The van der Waals surface area contributed by atoms with Crippen molar-refractivity contribution >= 4 is 50.4 Å². The number of anilines is 3. The molecule has 9 aromatic rings. The zero-order chi connectivity index (χ0) is 49.9. The van der Waals surface area contributed by atoms with E-state index in [-0.39, 0.29) is 13.9 Å². The number of hydrogen-bond acceptors (Lipinski definition) is 12. The predicted octanol–water partition coefficient (Wildman–Crippen LogP) is 7.46. The first-order valence-corrected chi connectivity index (χ1v) is 24.3. The quantitative estimate of drug-likeness (QED) is 0.0999. The molecule has 0 saturated carbocycles. The van der Waals surface area contributed by atoms with Gasteiger partial charge in [0.2, 0.25) is 0 Å². The van der Waals surface area contributed by atoms with Gasteiger partial charge in [0.15, 0.2) is 16.7 Å². The van der Waals surface area contributed by atoms with Crippen LogP contribution in [0.2, 0.25) is 0 Å². The van der Waals surface area contributed by atoms with Gasteiger partial charge in [-0.05, 0) is 53.6 Å². The number of fused-ring (bicyclic) bond motifs is 3. The van der Waals surface area contributed by atoms with Gasteiger partial charge in [-0.2, -0.15) is 0 Å². The Morgan fingerprint density at radius 1 is 0.431 bits per heavy atom. The molecule has 3 aliphatic rings. The van der Waals surface area contributed by atoms with Crippen molar-refractivity contribution in [1.29, 1.82) is 0 Å². The maximum atomic E-state index is 13.4. The molecule has 3 saturated heterocycles. The number of rotatable bonds is 8. The van der Waals surface area contributed by atoms with E-state index in [0.717, 1.165) is 39.3 Å². The first-order chi connectivity index (χ1) is 34.8. The molecule has 6 aromatic carbocycles. The molecule has 12 rings (SSSR count). The fourth-order valence-electron chi connectivity index (χ4n) is 9.94. The lowest BCUT2D eigenvalue weighted by Gasteiger charge is -2.48. The number of aromatic amines is 3. The van der Waals surface area contributed by atoms with Crippen LogP contribution >= 0.6 is 0 Å².